The highest BCUT2D eigenvalue weighted by Crippen LogP contribution is 2.25. The van der Waals surface area contributed by atoms with Gasteiger partial charge in [-0.15, -0.1) is 0 Å². The topological polar surface area (TPSA) is 32.3 Å². The zero-order chi connectivity index (χ0) is 9.97. The number of hydrogen-bond donors (Lipinski definition) is 2. The van der Waals surface area contributed by atoms with Gasteiger partial charge in [0.25, 0.3) is 0 Å². The molecule has 0 saturated carbocycles. The van der Waals surface area contributed by atoms with E-state index in [1.54, 1.807) is 0 Å². The van der Waals surface area contributed by atoms with E-state index in [1.807, 2.05) is 0 Å². The maximum absolute atomic E-state index is 9.42. The third-order valence-corrected chi connectivity index (χ3v) is 2.72. The molecule has 76 valence electrons. The molecular formula is C12H17NO. The summed E-state index contributed by atoms with van der Waals surface area (Å²) < 4.78 is 0. The summed E-state index contributed by atoms with van der Waals surface area (Å²) in [4.78, 5) is 0. The molecule has 2 heteroatoms. The molecule has 14 heavy (non-hydrogen) atoms. The van der Waals surface area contributed by atoms with Gasteiger partial charge in [-0.05, 0) is 36.5 Å². The van der Waals surface area contributed by atoms with E-state index >= 15 is 0 Å². The molecule has 0 aliphatic carbocycles. The minimum absolute atomic E-state index is 0.362. The molecule has 0 aromatic heterocycles. The van der Waals surface area contributed by atoms with E-state index in [1.165, 1.54) is 17.5 Å². The summed E-state index contributed by atoms with van der Waals surface area (Å²) in [5, 5.41) is 12.5. The lowest BCUT2D eigenvalue weighted by Crippen LogP contribution is -2.24. The van der Waals surface area contributed by atoms with E-state index in [2.05, 4.69) is 30.4 Å². The maximum atomic E-state index is 9.42. The first-order chi connectivity index (χ1) is 6.79. The first kappa shape index (κ1) is 9.53. The largest absolute Gasteiger partial charge is 0.374 e. The normalized spacial score (nSPS) is 20.0. The van der Waals surface area contributed by atoms with Crippen molar-refractivity contribution in [1.29, 1.82) is 0 Å². The van der Waals surface area contributed by atoms with Crippen LogP contribution in [0.5, 0.6) is 0 Å². The number of aliphatic hydroxyl groups is 1. The Labute approximate surface area is 85.0 Å². The molecule has 2 rings (SSSR count). The lowest BCUT2D eigenvalue weighted by atomic mass is 9.98. The van der Waals surface area contributed by atoms with Crippen molar-refractivity contribution in [1.82, 2.24) is 0 Å². The number of benzene rings is 1. The second-order valence-electron chi connectivity index (χ2n) is 3.94. The Morgan fingerprint density at radius 2 is 2.36 bits per heavy atom. The Morgan fingerprint density at radius 3 is 3.14 bits per heavy atom. The van der Waals surface area contributed by atoms with Crippen LogP contribution in [0.1, 0.15) is 30.9 Å². The molecule has 1 atom stereocenters. The van der Waals surface area contributed by atoms with Gasteiger partial charge in [0.2, 0.25) is 0 Å². The fourth-order valence-corrected chi connectivity index (χ4v) is 1.98. The molecule has 0 fully saturated rings. The van der Waals surface area contributed by atoms with Crippen molar-refractivity contribution in [2.24, 2.45) is 0 Å². The van der Waals surface area contributed by atoms with Crippen molar-refractivity contribution in [3.8, 4) is 0 Å². The molecule has 1 aliphatic rings. The summed E-state index contributed by atoms with van der Waals surface area (Å²) in [5.41, 5.74) is 3.86. The maximum Gasteiger partial charge on any atom is 0.124 e. The first-order valence-corrected chi connectivity index (χ1v) is 5.36. The van der Waals surface area contributed by atoms with Crippen LogP contribution >= 0.6 is 0 Å². The summed E-state index contributed by atoms with van der Waals surface area (Å²) in [7, 11) is 0. The van der Waals surface area contributed by atoms with Crippen LogP contribution in [0.3, 0.4) is 0 Å². The molecular weight excluding hydrogens is 174 g/mol. The molecule has 1 aromatic rings. The van der Waals surface area contributed by atoms with Crippen molar-refractivity contribution >= 4 is 5.69 Å². The fraction of sp³-hybridized carbons (Fsp3) is 0.500. The predicted octanol–water partition coefficient (Wildman–Crippen LogP) is 2.32. The highest BCUT2D eigenvalue weighted by atomic mass is 16.3. The van der Waals surface area contributed by atoms with Crippen molar-refractivity contribution < 1.29 is 5.11 Å². The van der Waals surface area contributed by atoms with E-state index < -0.39 is 0 Å². The number of rotatable bonds is 2. The summed E-state index contributed by atoms with van der Waals surface area (Å²) >= 11 is 0. The third kappa shape index (κ3) is 1.90. The summed E-state index contributed by atoms with van der Waals surface area (Å²) in [6, 6.07) is 6.49. The summed E-state index contributed by atoms with van der Waals surface area (Å²) in [6.45, 7) is 2.20. The van der Waals surface area contributed by atoms with Crippen molar-refractivity contribution in [3.63, 3.8) is 0 Å². The molecule has 2 nitrogen and oxygen atoms in total. The number of anilines is 1. The van der Waals surface area contributed by atoms with E-state index in [9.17, 15) is 5.11 Å². The van der Waals surface area contributed by atoms with Crippen LogP contribution in [0, 0.1) is 0 Å². The average molecular weight is 191 g/mol. The number of aryl methyl sites for hydroxylation is 2. The van der Waals surface area contributed by atoms with Gasteiger partial charge in [0, 0.05) is 5.69 Å². The van der Waals surface area contributed by atoms with Crippen LogP contribution < -0.4 is 5.32 Å². The van der Waals surface area contributed by atoms with Gasteiger partial charge in [-0.2, -0.15) is 0 Å². The molecule has 1 heterocycles. The monoisotopic (exact) mass is 191 g/mol. The van der Waals surface area contributed by atoms with Gasteiger partial charge in [-0.1, -0.05) is 25.5 Å². The number of nitrogens with one attached hydrogen (secondary N) is 1. The Hall–Kier alpha value is -1.02. The van der Waals surface area contributed by atoms with Crippen molar-refractivity contribution in [3.05, 3.63) is 29.3 Å². The smallest absolute Gasteiger partial charge is 0.124 e. The molecule has 0 amide bonds. The molecule has 0 saturated heterocycles. The van der Waals surface area contributed by atoms with Crippen molar-refractivity contribution in [2.45, 2.75) is 38.8 Å². The summed E-state index contributed by atoms with van der Waals surface area (Å²) in [5.74, 6) is 0. The highest BCUT2D eigenvalue weighted by molar-refractivity contribution is 5.54. The minimum Gasteiger partial charge on any atom is -0.374 e. The van der Waals surface area contributed by atoms with E-state index in [4.69, 9.17) is 0 Å². The van der Waals surface area contributed by atoms with Crippen LogP contribution in [0.4, 0.5) is 5.69 Å². The van der Waals surface area contributed by atoms with E-state index in [0.29, 0.717) is 0 Å². The van der Waals surface area contributed by atoms with Gasteiger partial charge in [0.05, 0.1) is 0 Å². The number of fused-ring (bicyclic) bond motifs is 1. The quantitative estimate of drug-likeness (QED) is 0.752. The standard InChI is InChI=1S/C12H17NO/c1-2-3-9-4-6-11-10(8-9)5-7-12(14)13-11/h4,6,8,12-14H,2-3,5,7H2,1H3. The third-order valence-electron chi connectivity index (χ3n) is 2.72. The van der Waals surface area contributed by atoms with Gasteiger partial charge in [0.1, 0.15) is 6.23 Å². The SMILES string of the molecule is CCCc1ccc2c(c1)CCC(O)N2. The molecule has 0 spiro atoms. The Balaban J connectivity index is 2.22. The molecule has 0 bridgehead atoms. The van der Waals surface area contributed by atoms with Crippen LogP contribution in [0.2, 0.25) is 0 Å². The van der Waals surface area contributed by atoms with Gasteiger partial charge >= 0.3 is 0 Å². The second kappa shape index (κ2) is 4.01. The molecule has 2 N–H and O–H groups in total. The summed E-state index contributed by atoms with van der Waals surface area (Å²) in [6.07, 6.45) is 3.79. The van der Waals surface area contributed by atoms with Crippen LogP contribution in [-0.4, -0.2) is 11.3 Å². The highest BCUT2D eigenvalue weighted by Gasteiger charge is 2.14. The predicted molar refractivity (Wildman–Crippen MR) is 58.4 cm³/mol. The Morgan fingerprint density at radius 1 is 1.50 bits per heavy atom. The van der Waals surface area contributed by atoms with E-state index in [0.717, 1.165) is 24.9 Å². The molecule has 1 unspecified atom stereocenters. The first-order valence-electron chi connectivity index (χ1n) is 5.36. The Bertz CT molecular complexity index is 322. The molecule has 1 aromatic carbocycles. The van der Waals surface area contributed by atoms with Crippen LogP contribution in [0.25, 0.3) is 0 Å². The van der Waals surface area contributed by atoms with Gasteiger partial charge in [0.15, 0.2) is 0 Å². The second-order valence-corrected chi connectivity index (χ2v) is 3.94. The van der Waals surface area contributed by atoms with Crippen LogP contribution in [0.15, 0.2) is 18.2 Å². The lowest BCUT2D eigenvalue weighted by Gasteiger charge is -2.23. The van der Waals surface area contributed by atoms with Gasteiger partial charge < -0.3 is 10.4 Å². The molecule has 0 radical (unpaired) electrons. The van der Waals surface area contributed by atoms with Crippen LogP contribution in [-0.2, 0) is 12.8 Å². The number of hydrogen-bond acceptors (Lipinski definition) is 2. The van der Waals surface area contributed by atoms with Crippen molar-refractivity contribution in [2.75, 3.05) is 5.32 Å². The average Bonchev–Trinajstić information content (AvgIpc) is 2.19. The minimum atomic E-state index is -0.362. The zero-order valence-electron chi connectivity index (χ0n) is 8.59. The Kier molecular flexibility index (Phi) is 2.73. The van der Waals surface area contributed by atoms with Gasteiger partial charge in [-0.3, -0.25) is 0 Å². The lowest BCUT2D eigenvalue weighted by molar-refractivity contribution is 0.189. The van der Waals surface area contributed by atoms with Gasteiger partial charge in [-0.25, -0.2) is 0 Å². The van der Waals surface area contributed by atoms with E-state index in [-0.39, 0.29) is 6.23 Å². The number of aliphatic hydroxyl groups excluding tert-OH is 1. The zero-order valence-corrected chi connectivity index (χ0v) is 8.59. The fourth-order valence-electron chi connectivity index (χ4n) is 1.98. The molecule has 1 aliphatic heterocycles.